The molecule has 0 atom stereocenters. The van der Waals surface area contributed by atoms with E-state index < -0.39 is 0 Å². The third kappa shape index (κ3) is 5.42. The second-order valence-corrected chi connectivity index (χ2v) is 5.23. The van der Waals surface area contributed by atoms with Gasteiger partial charge in [-0.1, -0.05) is 36.4 Å². The number of hydrogen-bond donors (Lipinski definition) is 1. The van der Waals surface area contributed by atoms with E-state index in [1.165, 1.54) is 0 Å². The molecule has 4 nitrogen and oxygen atoms in total. The van der Waals surface area contributed by atoms with Crippen LogP contribution in [0.15, 0.2) is 48.5 Å². The van der Waals surface area contributed by atoms with Crippen LogP contribution in [0.3, 0.4) is 0 Å². The minimum absolute atomic E-state index is 0.00128. The average Bonchev–Trinajstić information content (AvgIpc) is 2.56. The Morgan fingerprint density at radius 3 is 2.39 bits per heavy atom. The summed E-state index contributed by atoms with van der Waals surface area (Å²) in [5.74, 6) is 0.825. The maximum atomic E-state index is 12.1. The molecule has 0 unspecified atom stereocenters. The van der Waals surface area contributed by atoms with Gasteiger partial charge in [0.25, 0.3) is 0 Å². The number of benzene rings is 2. The fraction of sp³-hybridized carbons (Fsp3) is 0.316. The fourth-order valence-corrected chi connectivity index (χ4v) is 2.34. The minimum Gasteiger partial charge on any atom is -0.494 e. The van der Waals surface area contributed by atoms with E-state index in [-0.39, 0.29) is 5.91 Å². The Kier molecular flexibility index (Phi) is 6.63. The third-order valence-electron chi connectivity index (χ3n) is 3.49. The maximum Gasteiger partial charge on any atom is 0.224 e. The Bertz CT molecular complexity index is 623. The van der Waals surface area contributed by atoms with Crippen molar-refractivity contribution in [3.05, 3.63) is 65.2 Å². The zero-order valence-corrected chi connectivity index (χ0v) is 13.7. The van der Waals surface area contributed by atoms with E-state index >= 15 is 0 Å². The topological polar surface area (TPSA) is 47.6 Å². The van der Waals surface area contributed by atoms with Gasteiger partial charge in [0.05, 0.1) is 19.6 Å². The van der Waals surface area contributed by atoms with Gasteiger partial charge in [-0.3, -0.25) is 4.79 Å². The summed E-state index contributed by atoms with van der Waals surface area (Å²) in [6.07, 6.45) is 0.360. The summed E-state index contributed by atoms with van der Waals surface area (Å²) in [7, 11) is 1.67. The lowest BCUT2D eigenvalue weighted by atomic mass is 10.1. The van der Waals surface area contributed by atoms with Gasteiger partial charge in [0.15, 0.2) is 0 Å². The van der Waals surface area contributed by atoms with Crippen LogP contribution in [-0.4, -0.2) is 19.6 Å². The number of nitrogens with one attached hydrogen (secondary N) is 1. The number of hydrogen-bond acceptors (Lipinski definition) is 3. The molecular formula is C19H23NO3. The van der Waals surface area contributed by atoms with Crippen molar-refractivity contribution < 1.29 is 14.3 Å². The molecule has 0 aromatic heterocycles. The first-order valence-electron chi connectivity index (χ1n) is 7.77. The zero-order valence-electron chi connectivity index (χ0n) is 13.7. The summed E-state index contributed by atoms with van der Waals surface area (Å²) in [6, 6.07) is 15.6. The van der Waals surface area contributed by atoms with Crippen molar-refractivity contribution in [3.8, 4) is 5.75 Å². The fourth-order valence-electron chi connectivity index (χ4n) is 2.34. The van der Waals surface area contributed by atoms with E-state index in [9.17, 15) is 4.79 Å². The molecule has 1 amide bonds. The summed E-state index contributed by atoms with van der Waals surface area (Å²) >= 11 is 0. The van der Waals surface area contributed by atoms with Crippen molar-refractivity contribution in [1.29, 1.82) is 0 Å². The molecule has 2 aromatic carbocycles. The molecule has 4 heteroatoms. The molecule has 23 heavy (non-hydrogen) atoms. The van der Waals surface area contributed by atoms with E-state index in [1.807, 2.05) is 55.5 Å². The van der Waals surface area contributed by atoms with Gasteiger partial charge in [0.2, 0.25) is 5.91 Å². The van der Waals surface area contributed by atoms with E-state index in [0.29, 0.717) is 26.2 Å². The molecular weight excluding hydrogens is 290 g/mol. The Hall–Kier alpha value is -2.33. The largest absolute Gasteiger partial charge is 0.494 e. The molecule has 0 aliphatic carbocycles. The van der Waals surface area contributed by atoms with Gasteiger partial charge in [-0.05, 0) is 35.7 Å². The predicted molar refractivity (Wildman–Crippen MR) is 90.3 cm³/mol. The molecule has 0 radical (unpaired) electrons. The summed E-state index contributed by atoms with van der Waals surface area (Å²) in [5, 5.41) is 2.96. The molecule has 0 aliphatic rings. The van der Waals surface area contributed by atoms with Crippen LogP contribution in [0.5, 0.6) is 5.75 Å². The summed E-state index contributed by atoms with van der Waals surface area (Å²) in [5.41, 5.74) is 3.14. The van der Waals surface area contributed by atoms with Gasteiger partial charge in [-0.2, -0.15) is 0 Å². The quantitative estimate of drug-likeness (QED) is 0.814. The monoisotopic (exact) mass is 313 g/mol. The molecule has 0 saturated carbocycles. The Morgan fingerprint density at radius 1 is 1.04 bits per heavy atom. The number of rotatable bonds is 8. The van der Waals surface area contributed by atoms with E-state index in [2.05, 4.69) is 5.32 Å². The highest BCUT2D eigenvalue weighted by Crippen LogP contribution is 2.13. The molecule has 122 valence electrons. The predicted octanol–water partition coefficient (Wildman–Crippen LogP) is 3.09. The molecule has 0 bridgehead atoms. The first-order chi connectivity index (χ1) is 11.2. The van der Waals surface area contributed by atoms with Crippen LogP contribution in [0.25, 0.3) is 0 Å². The van der Waals surface area contributed by atoms with Crippen LogP contribution < -0.4 is 10.1 Å². The smallest absolute Gasteiger partial charge is 0.224 e. The standard InChI is InChI=1S/C19H23NO3/c1-3-23-18-10-8-15(9-11-18)12-19(21)20-13-16-6-4-5-7-17(16)14-22-2/h4-11H,3,12-14H2,1-2H3,(H,20,21). The van der Waals surface area contributed by atoms with Crippen LogP contribution in [0.4, 0.5) is 0 Å². The Morgan fingerprint density at radius 2 is 1.74 bits per heavy atom. The average molecular weight is 313 g/mol. The lowest BCUT2D eigenvalue weighted by Gasteiger charge is -2.10. The SMILES string of the molecule is CCOc1ccc(CC(=O)NCc2ccccc2COC)cc1. The lowest BCUT2D eigenvalue weighted by Crippen LogP contribution is -2.25. The number of carbonyl (C=O) groups excluding carboxylic acids is 1. The normalized spacial score (nSPS) is 10.3. The molecule has 2 aromatic rings. The van der Waals surface area contributed by atoms with E-state index in [1.54, 1.807) is 7.11 Å². The van der Waals surface area contributed by atoms with Crippen molar-refractivity contribution in [3.63, 3.8) is 0 Å². The van der Waals surface area contributed by atoms with Gasteiger partial charge in [-0.25, -0.2) is 0 Å². The van der Waals surface area contributed by atoms with Crippen molar-refractivity contribution >= 4 is 5.91 Å². The second kappa shape index (κ2) is 8.96. The highest BCUT2D eigenvalue weighted by Gasteiger charge is 2.06. The lowest BCUT2D eigenvalue weighted by molar-refractivity contribution is -0.120. The minimum atomic E-state index is 0.00128. The van der Waals surface area contributed by atoms with Crippen molar-refractivity contribution in [1.82, 2.24) is 5.32 Å². The maximum absolute atomic E-state index is 12.1. The zero-order chi connectivity index (χ0) is 16.5. The second-order valence-electron chi connectivity index (χ2n) is 5.23. The van der Waals surface area contributed by atoms with Gasteiger partial charge in [0.1, 0.15) is 5.75 Å². The van der Waals surface area contributed by atoms with Crippen LogP contribution in [0.2, 0.25) is 0 Å². The van der Waals surface area contributed by atoms with Crippen molar-refractivity contribution in [2.24, 2.45) is 0 Å². The Balaban J connectivity index is 1.87. The summed E-state index contributed by atoms with van der Waals surface area (Å²) < 4.78 is 10.6. The summed E-state index contributed by atoms with van der Waals surface area (Å²) in [6.45, 7) is 3.64. The molecule has 1 N–H and O–H groups in total. The first kappa shape index (κ1) is 17.0. The number of ether oxygens (including phenoxy) is 2. The molecule has 0 heterocycles. The van der Waals surface area contributed by atoms with Crippen molar-refractivity contribution in [2.75, 3.05) is 13.7 Å². The highest BCUT2D eigenvalue weighted by molar-refractivity contribution is 5.78. The molecule has 2 rings (SSSR count). The number of amides is 1. The van der Waals surface area contributed by atoms with E-state index in [0.717, 1.165) is 22.4 Å². The molecule has 0 fully saturated rings. The van der Waals surface area contributed by atoms with Gasteiger partial charge in [0, 0.05) is 13.7 Å². The van der Waals surface area contributed by atoms with Crippen LogP contribution in [-0.2, 0) is 29.1 Å². The molecule has 0 saturated heterocycles. The molecule has 0 aliphatic heterocycles. The Labute approximate surface area is 137 Å². The number of carbonyl (C=O) groups is 1. The van der Waals surface area contributed by atoms with Gasteiger partial charge >= 0.3 is 0 Å². The van der Waals surface area contributed by atoms with Gasteiger partial charge in [-0.15, -0.1) is 0 Å². The summed E-state index contributed by atoms with van der Waals surface area (Å²) in [4.78, 5) is 12.1. The van der Waals surface area contributed by atoms with Crippen LogP contribution in [0.1, 0.15) is 23.6 Å². The first-order valence-corrected chi connectivity index (χ1v) is 7.77. The van der Waals surface area contributed by atoms with Crippen LogP contribution in [0, 0.1) is 0 Å². The third-order valence-corrected chi connectivity index (χ3v) is 3.49. The number of methoxy groups -OCH3 is 1. The molecule has 0 spiro atoms. The van der Waals surface area contributed by atoms with Crippen LogP contribution >= 0.6 is 0 Å². The van der Waals surface area contributed by atoms with E-state index in [4.69, 9.17) is 9.47 Å². The van der Waals surface area contributed by atoms with Gasteiger partial charge < -0.3 is 14.8 Å². The highest BCUT2D eigenvalue weighted by atomic mass is 16.5. The van der Waals surface area contributed by atoms with Crippen molar-refractivity contribution in [2.45, 2.75) is 26.5 Å².